The van der Waals surface area contributed by atoms with Crippen molar-refractivity contribution >= 4 is 9.84 Å². The van der Waals surface area contributed by atoms with Crippen molar-refractivity contribution in [2.75, 3.05) is 0 Å². The maximum atomic E-state index is 12.9. The van der Waals surface area contributed by atoms with Crippen LogP contribution in [0.25, 0.3) is 0 Å². The zero-order valence-electron chi connectivity index (χ0n) is 12.8. The van der Waals surface area contributed by atoms with E-state index in [2.05, 4.69) is 10.1 Å². The molecule has 0 amide bonds. The van der Waals surface area contributed by atoms with Crippen LogP contribution in [0.1, 0.15) is 43.3 Å². The van der Waals surface area contributed by atoms with Crippen molar-refractivity contribution in [1.82, 2.24) is 10.1 Å². The molecule has 0 aliphatic carbocycles. The van der Waals surface area contributed by atoms with E-state index in [-0.39, 0.29) is 11.6 Å². The molecular formula is C15H19FN2O3S. The Morgan fingerprint density at radius 3 is 2.41 bits per heavy atom. The third kappa shape index (κ3) is 4.13. The van der Waals surface area contributed by atoms with E-state index < -0.39 is 20.9 Å². The molecule has 1 aromatic heterocycles. The predicted octanol–water partition coefficient (Wildman–Crippen LogP) is 3.08. The molecule has 1 aromatic carbocycles. The van der Waals surface area contributed by atoms with E-state index in [1.165, 1.54) is 24.3 Å². The molecule has 0 bridgehead atoms. The standard InChI is InChI=1S/C15H19FN2O3S/c1-10(2)8-15-17-14(18-21-15)9-22(19,20)11(3)12-4-6-13(16)7-5-12/h4-7,10-11H,8-9H2,1-3H3/t11-/m0/s1. The van der Waals surface area contributed by atoms with Gasteiger partial charge in [-0.1, -0.05) is 31.1 Å². The SMILES string of the molecule is CC(C)Cc1nc(CS(=O)(=O)[C@@H](C)c2ccc(F)cc2)no1. The first-order valence-corrected chi connectivity index (χ1v) is 8.78. The van der Waals surface area contributed by atoms with Crippen molar-refractivity contribution in [2.24, 2.45) is 5.92 Å². The Morgan fingerprint density at radius 1 is 1.18 bits per heavy atom. The highest BCUT2D eigenvalue weighted by atomic mass is 32.2. The predicted molar refractivity (Wildman–Crippen MR) is 80.3 cm³/mol. The monoisotopic (exact) mass is 326 g/mol. The highest BCUT2D eigenvalue weighted by molar-refractivity contribution is 7.90. The molecule has 0 saturated heterocycles. The lowest BCUT2D eigenvalue weighted by atomic mass is 10.1. The fraction of sp³-hybridized carbons (Fsp3) is 0.467. The fourth-order valence-electron chi connectivity index (χ4n) is 2.03. The van der Waals surface area contributed by atoms with Crippen LogP contribution >= 0.6 is 0 Å². The lowest BCUT2D eigenvalue weighted by Gasteiger charge is -2.11. The van der Waals surface area contributed by atoms with E-state index in [9.17, 15) is 12.8 Å². The summed E-state index contributed by atoms with van der Waals surface area (Å²) in [6, 6.07) is 5.43. The third-order valence-corrected chi connectivity index (χ3v) is 5.31. The highest BCUT2D eigenvalue weighted by Gasteiger charge is 2.25. The van der Waals surface area contributed by atoms with E-state index in [4.69, 9.17) is 4.52 Å². The van der Waals surface area contributed by atoms with E-state index in [1.807, 2.05) is 13.8 Å². The number of halogens is 1. The zero-order valence-corrected chi connectivity index (χ0v) is 13.6. The van der Waals surface area contributed by atoms with E-state index in [0.29, 0.717) is 23.8 Å². The van der Waals surface area contributed by atoms with Crippen LogP contribution in [0, 0.1) is 11.7 Å². The van der Waals surface area contributed by atoms with E-state index in [1.54, 1.807) is 6.92 Å². The summed E-state index contributed by atoms with van der Waals surface area (Å²) in [7, 11) is -3.50. The molecule has 0 unspecified atom stereocenters. The second kappa shape index (κ2) is 6.56. The Morgan fingerprint density at radius 2 is 1.82 bits per heavy atom. The van der Waals surface area contributed by atoms with E-state index in [0.717, 1.165) is 0 Å². The Balaban J connectivity index is 2.13. The smallest absolute Gasteiger partial charge is 0.226 e. The Kier molecular flexibility index (Phi) is 4.95. The van der Waals surface area contributed by atoms with Gasteiger partial charge in [0.25, 0.3) is 0 Å². The van der Waals surface area contributed by atoms with Gasteiger partial charge in [0, 0.05) is 6.42 Å². The molecule has 0 fully saturated rings. The molecule has 0 saturated carbocycles. The Labute approximate surface area is 129 Å². The molecule has 1 atom stereocenters. The lowest BCUT2D eigenvalue weighted by molar-refractivity contribution is 0.359. The molecule has 7 heteroatoms. The van der Waals surface area contributed by atoms with E-state index >= 15 is 0 Å². The molecule has 0 radical (unpaired) electrons. The molecular weight excluding hydrogens is 307 g/mol. The van der Waals surface area contributed by atoms with Crippen molar-refractivity contribution in [2.45, 2.75) is 38.2 Å². The first kappa shape index (κ1) is 16.6. The average Bonchev–Trinajstić information content (AvgIpc) is 2.84. The molecule has 120 valence electrons. The number of nitrogens with zero attached hydrogens (tertiary/aromatic N) is 2. The minimum atomic E-state index is -3.50. The maximum absolute atomic E-state index is 12.9. The van der Waals surface area contributed by atoms with Crippen molar-refractivity contribution in [3.05, 3.63) is 47.4 Å². The molecule has 5 nitrogen and oxygen atoms in total. The number of hydrogen-bond donors (Lipinski definition) is 0. The van der Waals surface area contributed by atoms with Crippen LogP contribution in [0.2, 0.25) is 0 Å². The summed E-state index contributed by atoms with van der Waals surface area (Å²) in [5, 5.41) is 2.96. The van der Waals surface area contributed by atoms with Crippen LogP contribution in [0.4, 0.5) is 4.39 Å². The van der Waals surface area contributed by atoms with Gasteiger partial charge in [-0.25, -0.2) is 12.8 Å². The summed E-state index contributed by atoms with van der Waals surface area (Å²) in [4.78, 5) is 4.11. The minimum absolute atomic E-state index is 0.157. The molecule has 0 aliphatic heterocycles. The summed E-state index contributed by atoms with van der Waals surface area (Å²) in [5.74, 6) is 0.250. The molecule has 2 aromatic rings. The summed E-state index contributed by atoms with van der Waals surface area (Å²) in [5.41, 5.74) is 0.535. The van der Waals surface area contributed by atoms with Gasteiger partial charge >= 0.3 is 0 Å². The van der Waals surface area contributed by atoms with Crippen molar-refractivity contribution in [1.29, 1.82) is 0 Å². The number of aromatic nitrogens is 2. The van der Waals surface area contributed by atoms with Gasteiger partial charge in [0.15, 0.2) is 15.7 Å². The van der Waals surface area contributed by atoms with Gasteiger partial charge in [-0.2, -0.15) is 4.98 Å². The van der Waals surface area contributed by atoms with Crippen molar-refractivity contribution in [3.8, 4) is 0 Å². The number of rotatable bonds is 6. The Bertz CT molecular complexity index is 724. The van der Waals surface area contributed by atoms with Gasteiger partial charge in [0.05, 0.1) is 5.25 Å². The topological polar surface area (TPSA) is 73.1 Å². The Hall–Kier alpha value is -1.76. The summed E-state index contributed by atoms with van der Waals surface area (Å²) in [6.45, 7) is 5.59. The number of sulfone groups is 1. The fourth-order valence-corrected chi connectivity index (χ4v) is 3.33. The van der Waals surface area contributed by atoms with Crippen LogP contribution < -0.4 is 0 Å². The first-order valence-electron chi connectivity index (χ1n) is 7.06. The lowest BCUT2D eigenvalue weighted by Crippen LogP contribution is -2.13. The average molecular weight is 326 g/mol. The molecule has 0 spiro atoms. The zero-order chi connectivity index (χ0) is 16.3. The number of benzene rings is 1. The minimum Gasteiger partial charge on any atom is -0.339 e. The normalized spacial score (nSPS) is 13.5. The van der Waals surface area contributed by atoms with Gasteiger partial charge in [-0.05, 0) is 30.5 Å². The van der Waals surface area contributed by atoms with Crippen LogP contribution in [-0.2, 0) is 22.0 Å². The largest absolute Gasteiger partial charge is 0.339 e. The van der Waals surface area contributed by atoms with Gasteiger partial charge < -0.3 is 4.52 Å². The highest BCUT2D eigenvalue weighted by Crippen LogP contribution is 2.24. The van der Waals surface area contributed by atoms with Gasteiger partial charge in [-0.3, -0.25) is 0 Å². The van der Waals surface area contributed by atoms with Crippen LogP contribution in [0.5, 0.6) is 0 Å². The second-order valence-electron chi connectivity index (χ2n) is 5.70. The van der Waals surface area contributed by atoms with Crippen LogP contribution in [-0.4, -0.2) is 18.6 Å². The van der Waals surface area contributed by atoms with Crippen LogP contribution in [0.15, 0.2) is 28.8 Å². The summed E-state index contributed by atoms with van der Waals surface area (Å²) >= 11 is 0. The molecule has 22 heavy (non-hydrogen) atoms. The molecule has 0 aliphatic rings. The van der Waals surface area contributed by atoms with Gasteiger partial charge in [-0.15, -0.1) is 0 Å². The second-order valence-corrected chi connectivity index (χ2v) is 8.02. The number of hydrogen-bond acceptors (Lipinski definition) is 5. The van der Waals surface area contributed by atoms with Crippen molar-refractivity contribution < 1.29 is 17.3 Å². The third-order valence-electron chi connectivity index (χ3n) is 3.30. The summed E-state index contributed by atoms with van der Waals surface area (Å²) in [6.07, 6.45) is 0.612. The van der Waals surface area contributed by atoms with Crippen molar-refractivity contribution in [3.63, 3.8) is 0 Å². The van der Waals surface area contributed by atoms with Gasteiger partial charge in [0.1, 0.15) is 11.6 Å². The van der Waals surface area contributed by atoms with Gasteiger partial charge in [0.2, 0.25) is 5.89 Å². The first-order chi connectivity index (χ1) is 10.3. The molecule has 0 N–H and O–H groups in total. The maximum Gasteiger partial charge on any atom is 0.226 e. The quantitative estimate of drug-likeness (QED) is 0.815. The molecule has 1 heterocycles. The summed E-state index contributed by atoms with van der Waals surface area (Å²) < 4.78 is 42.8. The molecule has 2 rings (SSSR count). The van der Waals surface area contributed by atoms with Crippen LogP contribution in [0.3, 0.4) is 0 Å².